The van der Waals surface area contributed by atoms with Crippen LogP contribution in [0.25, 0.3) is 23.1 Å². The van der Waals surface area contributed by atoms with E-state index in [1.54, 1.807) is 30.7 Å². The molecule has 1 aromatic carbocycles. The van der Waals surface area contributed by atoms with Gasteiger partial charge >= 0.3 is 0 Å². The number of hydrogen-bond donors (Lipinski definition) is 1. The second-order valence-corrected chi connectivity index (χ2v) is 5.37. The predicted octanol–water partition coefficient (Wildman–Crippen LogP) is 3.64. The van der Waals surface area contributed by atoms with Crippen molar-refractivity contribution >= 4 is 23.4 Å². The average molecular weight is 330 g/mol. The van der Waals surface area contributed by atoms with Crippen LogP contribution < -0.4 is 5.32 Å². The predicted molar refractivity (Wildman–Crippen MR) is 94.8 cm³/mol. The van der Waals surface area contributed by atoms with Gasteiger partial charge in [-0.25, -0.2) is 9.97 Å². The van der Waals surface area contributed by atoms with E-state index in [0.717, 1.165) is 11.3 Å². The van der Waals surface area contributed by atoms with Crippen molar-refractivity contribution in [1.82, 2.24) is 14.4 Å². The van der Waals surface area contributed by atoms with Crippen molar-refractivity contribution in [3.05, 3.63) is 79.2 Å². The topological polar surface area (TPSA) is 72.4 Å². The van der Waals surface area contributed by atoms with Crippen LogP contribution >= 0.6 is 0 Å². The Morgan fingerprint density at radius 2 is 2.16 bits per heavy atom. The molecule has 1 N–H and O–H groups in total. The zero-order valence-corrected chi connectivity index (χ0v) is 13.2. The normalized spacial score (nSPS) is 11.2. The summed E-state index contributed by atoms with van der Waals surface area (Å²) in [6.07, 6.45) is 10.1. The summed E-state index contributed by atoms with van der Waals surface area (Å²) in [4.78, 5) is 20.7. The molecule has 0 fully saturated rings. The molecule has 0 aliphatic carbocycles. The summed E-state index contributed by atoms with van der Waals surface area (Å²) in [5, 5.41) is 2.83. The lowest BCUT2D eigenvalue weighted by Crippen LogP contribution is -2.07. The molecule has 25 heavy (non-hydrogen) atoms. The second kappa shape index (κ2) is 6.45. The first-order chi connectivity index (χ1) is 12.3. The van der Waals surface area contributed by atoms with Crippen LogP contribution in [0.1, 0.15) is 5.76 Å². The molecule has 3 aromatic heterocycles. The van der Waals surface area contributed by atoms with E-state index in [9.17, 15) is 4.79 Å². The Balaban J connectivity index is 1.54. The molecule has 0 spiro atoms. The Bertz CT molecular complexity index is 1020. The van der Waals surface area contributed by atoms with Gasteiger partial charge in [-0.05, 0) is 36.4 Å². The smallest absolute Gasteiger partial charge is 0.248 e. The van der Waals surface area contributed by atoms with Crippen LogP contribution in [0, 0.1) is 0 Å². The van der Waals surface area contributed by atoms with E-state index in [4.69, 9.17) is 4.42 Å². The third kappa shape index (κ3) is 3.32. The van der Waals surface area contributed by atoms with E-state index < -0.39 is 0 Å². The van der Waals surface area contributed by atoms with Crippen molar-refractivity contribution in [3.8, 4) is 11.3 Å². The van der Waals surface area contributed by atoms with Crippen LogP contribution in [0.4, 0.5) is 5.69 Å². The standard InChI is InChI=1S/C19H14N4O2/c24-18(8-7-16-6-2-11-25-16)21-15-5-1-4-14(12-15)17-13-23-10-3-9-20-19(23)22-17/h1-13H,(H,21,24)/b8-7+. The first-order valence-corrected chi connectivity index (χ1v) is 7.71. The van der Waals surface area contributed by atoms with Gasteiger partial charge in [0.1, 0.15) is 5.76 Å². The first-order valence-electron chi connectivity index (χ1n) is 7.71. The summed E-state index contributed by atoms with van der Waals surface area (Å²) in [7, 11) is 0. The highest BCUT2D eigenvalue weighted by atomic mass is 16.3. The minimum atomic E-state index is -0.231. The Kier molecular flexibility index (Phi) is 3.84. The number of nitrogens with zero attached hydrogens (tertiary/aromatic N) is 3. The minimum Gasteiger partial charge on any atom is -0.465 e. The van der Waals surface area contributed by atoms with E-state index in [1.807, 2.05) is 47.1 Å². The molecule has 0 bridgehead atoms. The van der Waals surface area contributed by atoms with Gasteiger partial charge in [-0.15, -0.1) is 0 Å². The van der Waals surface area contributed by atoms with Crippen molar-refractivity contribution < 1.29 is 9.21 Å². The van der Waals surface area contributed by atoms with Gasteiger partial charge in [0, 0.05) is 35.9 Å². The van der Waals surface area contributed by atoms with Crippen molar-refractivity contribution in [2.24, 2.45) is 0 Å². The monoisotopic (exact) mass is 330 g/mol. The fraction of sp³-hybridized carbons (Fsp3) is 0. The largest absolute Gasteiger partial charge is 0.465 e. The van der Waals surface area contributed by atoms with Gasteiger partial charge in [0.25, 0.3) is 0 Å². The number of rotatable bonds is 4. The van der Waals surface area contributed by atoms with Gasteiger partial charge in [-0.1, -0.05) is 12.1 Å². The SMILES string of the molecule is O=C(/C=C/c1ccco1)Nc1cccc(-c2cn3cccnc3n2)c1. The third-order valence-electron chi connectivity index (χ3n) is 3.60. The van der Waals surface area contributed by atoms with Gasteiger partial charge in [-0.2, -0.15) is 0 Å². The van der Waals surface area contributed by atoms with Gasteiger partial charge < -0.3 is 9.73 Å². The highest BCUT2D eigenvalue weighted by Gasteiger charge is 2.06. The van der Waals surface area contributed by atoms with Crippen molar-refractivity contribution in [2.45, 2.75) is 0 Å². The van der Waals surface area contributed by atoms with Crippen LogP contribution in [0.5, 0.6) is 0 Å². The molecule has 0 aliphatic rings. The van der Waals surface area contributed by atoms with E-state index in [2.05, 4.69) is 15.3 Å². The molecule has 6 heteroatoms. The molecule has 4 aromatic rings. The summed E-state index contributed by atoms with van der Waals surface area (Å²) in [6.45, 7) is 0. The molecular formula is C19H14N4O2. The number of furan rings is 1. The third-order valence-corrected chi connectivity index (χ3v) is 3.60. The lowest BCUT2D eigenvalue weighted by molar-refractivity contribution is -0.111. The van der Waals surface area contributed by atoms with Crippen LogP contribution in [0.2, 0.25) is 0 Å². The lowest BCUT2D eigenvalue weighted by atomic mass is 10.1. The second-order valence-electron chi connectivity index (χ2n) is 5.37. The number of amides is 1. The molecular weight excluding hydrogens is 316 g/mol. The molecule has 0 unspecified atom stereocenters. The number of carbonyl (C=O) groups excluding carboxylic acids is 1. The van der Waals surface area contributed by atoms with E-state index in [-0.39, 0.29) is 5.91 Å². The van der Waals surface area contributed by atoms with Crippen LogP contribution in [0.15, 0.2) is 77.8 Å². The molecule has 4 rings (SSSR count). The maximum atomic E-state index is 12.0. The lowest BCUT2D eigenvalue weighted by Gasteiger charge is -2.04. The zero-order valence-electron chi connectivity index (χ0n) is 13.2. The fourth-order valence-corrected chi connectivity index (χ4v) is 2.45. The molecule has 6 nitrogen and oxygen atoms in total. The maximum Gasteiger partial charge on any atom is 0.248 e. The van der Waals surface area contributed by atoms with Gasteiger partial charge in [0.05, 0.1) is 12.0 Å². The van der Waals surface area contributed by atoms with E-state index in [0.29, 0.717) is 17.2 Å². The number of nitrogens with one attached hydrogen (secondary N) is 1. The Morgan fingerprint density at radius 1 is 1.20 bits per heavy atom. The van der Waals surface area contributed by atoms with Crippen molar-refractivity contribution in [3.63, 3.8) is 0 Å². The Morgan fingerprint density at radius 3 is 3.00 bits per heavy atom. The number of anilines is 1. The number of benzene rings is 1. The quantitative estimate of drug-likeness (QED) is 0.580. The van der Waals surface area contributed by atoms with E-state index >= 15 is 0 Å². The molecule has 122 valence electrons. The number of carbonyl (C=O) groups is 1. The summed E-state index contributed by atoms with van der Waals surface area (Å²) in [5.74, 6) is 1.03. The Hall–Kier alpha value is -3.67. The molecule has 0 radical (unpaired) electrons. The molecule has 0 saturated heterocycles. The fourth-order valence-electron chi connectivity index (χ4n) is 2.45. The van der Waals surface area contributed by atoms with Crippen LogP contribution in [-0.2, 0) is 4.79 Å². The zero-order chi connectivity index (χ0) is 17.1. The summed E-state index contributed by atoms with van der Waals surface area (Å²) in [6, 6.07) is 12.9. The summed E-state index contributed by atoms with van der Waals surface area (Å²) in [5.41, 5.74) is 2.39. The number of hydrogen-bond acceptors (Lipinski definition) is 4. The van der Waals surface area contributed by atoms with Gasteiger partial charge in [0.15, 0.2) is 0 Å². The number of aromatic nitrogens is 3. The minimum absolute atomic E-state index is 0.231. The van der Waals surface area contributed by atoms with Crippen molar-refractivity contribution in [2.75, 3.05) is 5.32 Å². The molecule has 1 amide bonds. The summed E-state index contributed by atoms with van der Waals surface area (Å²) < 4.78 is 7.01. The molecule has 0 aliphatic heterocycles. The van der Waals surface area contributed by atoms with Crippen LogP contribution in [0.3, 0.4) is 0 Å². The molecule has 0 atom stereocenters. The summed E-state index contributed by atoms with van der Waals surface area (Å²) >= 11 is 0. The molecule has 3 heterocycles. The first kappa shape index (κ1) is 14.9. The number of imidazole rings is 1. The number of fused-ring (bicyclic) bond motifs is 1. The highest BCUT2D eigenvalue weighted by Crippen LogP contribution is 2.22. The van der Waals surface area contributed by atoms with Crippen molar-refractivity contribution in [1.29, 1.82) is 0 Å². The Labute approximate surface area is 143 Å². The van der Waals surface area contributed by atoms with Gasteiger partial charge in [-0.3, -0.25) is 9.20 Å². The van der Waals surface area contributed by atoms with Gasteiger partial charge in [0.2, 0.25) is 11.7 Å². The highest BCUT2D eigenvalue weighted by molar-refractivity contribution is 6.02. The van der Waals surface area contributed by atoms with E-state index in [1.165, 1.54) is 6.08 Å². The molecule has 0 saturated carbocycles. The van der Waals surface area contributed by atoms with Crippen LogP contribution in [-0.4, -0.2) is 20.3 Å². The average Bonchev–Trinajstić information content (AvgIpc) is 3.29. The maximum absolute atomic E-state index is 12.0.